The van der Waals surface area contributed by atoms with Crippen LogP contribution in [0.3, 0.4) is 0 Å². The van der Waals surface area contributed by atoms with Gasteiger partial charge in [0.05, 0.1) is 12.7 Å². The van der Waals surface area contributed by atoms with E-state index in [1.54, 1.807) is 6.20 Å². The Balaban J connectivity index is 0.00000104. The van der Waals surface area contributed by atoms with Crippen molar-refractivity contribution in [3.8, 4) is 11.3 Å². The molecule has 4 nitrogen and oxygen atoms in total. The van der Waals surface area contributed by atoms with Gasteiger partial charge in [-0.15, -0.1) is 24.8 Å². The predicted octanol–water partition coefficient (Wildman–Crippen LogP) is 3.88. The number of benzene rings is 1. The Morgan fingerprint density at radius 3 is 2.92 bits per heavy atom. The van der Waals surface area contributed by atoms with Crippen LogP contribution in [0.15, 0.2) is 34.9 Å². The average molecular weight is 391 g/mol. The number of hydrogen-bond donors (Lipinski definition) is 1. The molecule has 1 aromatic carbocycles. The Morgan fingerprint density at radius 2 is 2.08 bits per heavy atom. The molecule has 0 saturated carbocycles. The molecule has 132 valence electrons. The van der Waals surface area contributed by atoms with Gasteiger partial charge in [-0.2, -0.15) is 0 Å². The first kappa shape index (κ1) is 19.5. The van der Waals surface area contributed by atoms with E-state index in [0.29, 0.717) is 5.02 Å². The number of aromatic nitrogens is 1. The van der Waals surface area contributed by atoms with Crippen molar-refractivity contribution < 1.29 is 4.42 Å². The van der Waals surface area contributed by atoms with Crippen LogP contribution in [0.25, 0.3) is 11.3 Å². The average Bonchev–Trinajstić information content (AvgIpc) is 3.16. The fraction of sp³-hybridized carbons (Fsp3) is 0.471. The molecule has 0 aliphatic carbocycles. The van der Waals surface area contributed by atoms with Crippen LogP contribution < -0.4 is 5.32 Å². The maximum atomic E-state index is 6.03. The topological polar surface area (TPSA) is 41.3 Å². The summed E-state index contributed by atoms with van der Waals surface area (Å²) in [5.41, 5.74) is 0.977. The molecule has 2 atom stereocenters. The predicted molar refractivity (Wildman–Crippen MR) is 101 cm³/mol. The lowest BCUT2D eigenvalue weighted by atomic mass is 9.89. The molecular formula is C17H22Cl3N3O. The van der Waals surface area contributed by atoms with E-state index in [9.17, 15) is 0 Å². The molecule has 0 spiro atoms. The monoisotopic (exact) mass is 389 g/mol. The summed E-state index contributed by atoms with van der Waals surface area (Å²) in [5.74, 6) is 3.23. The molecule has 3 heterocycles. The van der Waals surface area contributed by atoms with Crippen LogP contribution in [0.1, 0.15) is 12.3 Å². The summed E-state index contributed by atoms with van der Waals surface area (Å²) in [7, 11) is 0. The van der Waals surface area contributed by atoms with E-state index in [1.807, 2.05) is 24.3 Å². The Morgan fingerprint density at radius 1 is 1.25 bits per heavy atom. The highest BCUT2D eigenvalue weighted by atomic mass is 35.5. The number of hydrogen-bond acceptors (Lipinski definition) is 4. The zero-order valence-electron chi connectivity index (χ0n) is 13.3. The molecule has 2 saturated heterocycles. The number of oxazole rings is 1. The Hall–Kier alpha value is -0.780. The lowest BCUT2D eigenvalue weighted by Gasteiger charge is -2.33. The molecule has 0 amide bonds. The summed E-state index contributed by atoms with van der Waals surface area (Å²) in [6, 6.07) is 7.69. The van der Waals surface area contributed by atoms with Crippen LogP contribution in [-0.4, -0.2) is 36.1 Å². The van der Waals surface area contributed by atoms with Crippen LogP contribution in [0.4, 0.5) is 0 Å². The van der Waals surface area contributed by atoms with Gasteiger partial charge in [-0.3, -0.25) is 4.90 Å². The second-order valence-corrected chi connectivity index (χ2v) is 6.77. The summed E-state index contributed by atoms with van der Waals surface area (Å²) in [6.07, 6.45) is 3.07. The molecule has 2 unspecified atom stereocenters. The van der Waals surface area contributed by atoms with Crippen molar-refractivity contribution in [2.75, 3.05) is 26.2 Å². The van der Waals surface area contributed by atoms with Gasteiger partial charge in [-0.25, -0.2) is 4.98 Å². The van der Waals surface area contributed by atoms with Gasteiger partial charge in [0.15, 0.2) is 5.76 Å². The summed E-state index contributed by atoms with van der Waals surface area (Å²) in [6.45, 7) is 5.42. The van der Waals surface area contributed by atoms with Crippen LogP contribution in [0.5, 0.6) is 0 Å². The van der Waals surface area contributed by atoms with E-state index < -0.39 is 0 Å². The second kappa shape index (κ2) is 8.54. The van der Waals surface area contributed by atoms with Crippen molar-refractivity contribution in [3.63, 3.8) is 0 Å². The summed E-state index contributed by atoms with van der Waals surface area (Å²) < 4.78 is 5.91. The molecule has 24 heavy (non-hydrogen) atoms. The Labute approximate surface area is 159 Å². The third-order valence-corrected chi connectivity index (χ3v) is 5.05. The number of rotatable bonds is 3. The first-order chi connectivity index (χ1) is 10.8. The van der Waals surface area contributed by atoms with Crippen LogP contribution in [-0.2, 0) is 6.54 Å². The van der Waals surface area contributed by atoms with Gasteiger partial charge in [0, 0.05) is 17.1 Å². The van der Waals surface area contributed by atoms with Crippen LogP contribution in [0, 0.1) is 11.8 Å². The third kappa shape index (κ3) is 4.24. The fourth-order valence-corrected chi connectivity index (χ4v) is 3.79. The van der Waals surface area contributed by atoms with Crippen molar-refractivity contribution in [2.24, 2.45) is 11.8 Å². The largest absolute Gasteiger partial charge is 0.439 e. The smallest absolute Gasteiger partial charge is 0.209 e. The van der Waals surface area contributed by atoms with Crippen LogP contribution >= 0.6 is 36.4 Å². The van der Waals surface area contributed by atoms with Gasteiger partial charge in [0.2, 0.25) is 5.89 Å². The van der Waals surface area contributed by atoms with E-state index in [4.69, 9.17) is 16.0 Å². The molecule has 2 fully saturated rings. The summed E-state index contributed by atoms with van der Waals surface area (Å²) in [4.78, 5) is 6.89. The fourth-order valence-electron chi connectivity index (χ4n) is 3.60. The van der Waals surface area contributed by atoms with E-state index in [2.05, 4.69) is 15.2 Å². The SMILES string of the molecule is Cl.Cl.Clc1cccc(-c2cnc(CN3CCC4CNCC4C3)o2)c1. The normalized spacial score (nSPS) is 23.2. The zero-order chi connectivity index (χ0) is 14.9. The van der Waals surface area contributed by atoms with Crippen molar-refractivity contribution in [3.05, 3.63) is 41.4 Å². The zero-order valence-corrected chi connectivity index (χ0v) is 15.7. The maximum Gasteiger partial charge on any atom is 0.209 e. The summed E-state index contributed by atoms with van der Waals surface area (Å²) >= 11 is 6.03. The quantitative estimate of drug-likeness (QED) is 0.863. The second-order valence-electron chi connectivity index (χ2n) is 6.33. The number of nitrogens with zero attached hydrogens (tertiary/aromatic N) is 2. The molecule has 1 aromatic heterocycles. The van der Waals surface area contributed by atoms with Gasteiger partial charge >= 0.3 is 0 Å². The number of piperidine rings is 1. The molecule has 2 aromatic rings. The highest BCUT2D eigenvalue weighted by molar-refractivity contribution is 6.30. The van der Waals surface area contributed by atoms with Gasteiger partial charge in [0.25, 0.3) is 0 Å². The van der Waals surface area contributed by atoms with Gasteiger partial charge < -0.3 is 9.73 Å². The van der Waals surface area contributed by atoms with Crippen molar-refractivity contribution in [2.45, 2.75) is 13.0 Å². The van der Waals surface area contributed by atoms with Crippen molar-refractivity contribution in [1.82, 2.24) is 15.2 Å². The minimum Gasteiger partial charge on any atom is -0.439 e. The minimum atomic E-state index is 0. The van der Waals surface area contributed by atoms with Crippen molar-refractivity contribution >= 4 is 36.4 Å². The number of nitrogens with one attached hydrogen (secondary N) is 1. The molecule has 0 bridgehead atoms. The molecule has 4 rings (SSSR count). The highest BCUT2D eigenvalue weighted by Gasteiger charge is 2.33. The molecule has 0 radical (unpaired) electrons. The first-order valence-corrected chi connectivity index (χ1v) is 8.29. The van der Waals surface area contributed by atoms with Gasteiger partial charge in [-0.1, -0.05) is 23.7 Å². The van der Waals surface area contributed by atoms with Crippen LogP contribution in [0.2, 0.25) is 5.02 Å². The van der Waals surface area contributed by atoms with Gasteiger partial charge in [0.1, 0.15) is 0 Å². The highest BCUT2D eigenvalue weighted by Crippen LogP contribution is 2.28. The third-order valence-electron chi connectivity index (χ3n) is 4.81. The van der Waals surface area contributed by atoms with Gasteiger partial charge in [-0.05, 0) is 50.0 Å². The molecular weight excluding hydrogens is 369 g/mol. The lowest BCUT2D eigenvalue weighted by molar-refractivity contribution is 0.132. The van der Waals surface area contributed by atoms with E-state index in [1.165, 1.54) is 13.0 Å². The minimum absolute atomic E-state index is 0. The molecule has 2 aliphatic heterocycles. The summed E-state index contributed by atoms with van der Waals surface area (Å²) in [5, 5.41) is 4.22. The number of halogens is 3. The van der Waals surface area contributed by atoms with Crippen molar-refractivity contribution in [1.29, 1.82) is 0 Å². The number of fused-ring (bicyclic) bond motifs is 1. The van der Waals surface area contributed by atoms with E-state index >= 15 is 0 Å². The lowest BCUT2D eigenvalue weighted by Crippen LogP contribution is -2.39. The maximum absolute atomic E-state index is 6.03. The standard InChI is InChI=1S/C17H20ClN3O.2ClH/c18-15-3-1-2-12(6-15)16-9-20-17(22-16)11-21-5-4-13-7-19-8-14(13)10-21;;/h1-3,6,9,13-14,19H,4-5,7-8,10-11H2;2*1H. The Bertz CT molecular complexity index is 664. The molecule has 7 heteroatoms. The molecule has 1 N–H and O–H groups in total. The first-order valence-electron chi connectivity index (χ1n) is 7.91. The molecule has 2 aliphatic rings. The van der Waals surface area contributed by atoms with E-state index in [0.717, 1.165) is 55.2 Å². The van der Waals surface area contributed by atoms with E-state index in [-0.39, 0.29) is 24.8 Å². The Kier molecular flexibility index (Phi) is 6.96. The number of likely N-dealkylation sites (tertiary alicyclic amines) is 1.